The normalized spacial score (nSPS) is 20.3. The van der Waals surface area contributed by atoms with Crippen LogP contribution in [0.4, 0.5) is 24.7 Å². The predicted octanol–water partition coefficient (Wildman–Crippen LogP) is 5.04. The fraction of sp³-hybridized carbons (Fsp3) is 0.455. The molecule has 1 unspecified atom stereocenters. The fourth-order valence-corrected chi connectivity index (χ4v) is 4.45. The molecule has 0 saturated heterocycles. The molecule has 3 aromatic rings. The van der Waals surface area contributed by atoms with Crippen LogP contribution in [0.25, 0.3) is 10.9 Å². The first kappa shape index (κ1) is 21.4. The predicted molar refractivity (Wildman–Crippen MR) is 115 cm³/mol. The molecule has 2 heterocycles. The molecule has 9 heteroatoms. The van der Waals surface area contributed by atoms with Gasteiger partial charge in [0.15, 0.2) is 5.82 Å². The summed E-state index contributed by atoms with van der Waals surface area (Å²) in [6.45, 7) is 4.03. The Morgan fingerprint density at radius 2 is 1.97 bits per heavy atom. The number of fused-ring (bicyclic) bond motifs is 1. The number of anilines is 2. The first-order valence-corrected chi connectivity index (χ1v) is 10.6. The Bertz CT molecular complexity index is 1100. The van der Waals surface area contributed by atoms with Crippen molar-refractivity contribution in [2.75, 3.05) is 11.9 Å². The molecule has 3 atom stereocenters. The molecule has 1 aliphatic carbocycles. The lowest BCUT2D eigenvalue weighted by molar-refractivity contribution is -0.157. The number of hydrogen-bond donors (Lipinski definition) is 3. The van der Waals surface area contributed by atoms with Crippen LogP contribution in [-0.4, -0.2) is 27.5 Å². The van der Waals surface area contributed by atoms with E-state index >= 15 is 0 Å². The summed E-state index contributed by atoms with van der Waals surface area (Å²) in [4.78, 5) is 15.2. The zero-order valence-corrected chi connectivity index (χ0v) is 17.5. The number of pyridine rings is 1. The molecule has 1 saturated carbocycles. The van der Waals surface area contributed by atoms with Gasteiger partial charge in [-0.3, -0.25) is 9.48 Å². The Morgan fingerprint density at radius 1 is 1.23 bits per heavy atom. The average Bonchev–Trinajstić information content (AvgIpc) is 3.30. The number of alkyl halides is 3. The molecule has 0 aliphatic heterocycles. The third-order valence-corrected chi connectivity index (χ3v) is 6.00. The van der Waals surface area contributed by atoms with Crippen molar-refractivity contribution in [2.45, 2.75) is 51.4 Å². The second kappa shape index (κ2) is 8.37. The topological polar surface area (TPSA) is 74.7 Å². The summed E-state index contributed by atoms with van der Waals surface area (Å²) in [5, 5.41) is 10.7. The average molecular weight is 433 g/mol. The van der Waals surface area contributed by atoms with Crippen molar-refractivity contribution in [1.82, 2.24) is 20.1 Å². The van der Waals surface area contributed by atoms with Crippen LogP contribution in [0, 0.1) is 5.92 Å². The molecule has 0 spiro atoms. The monoisotopic (exact) mass is 433 g/mol. The number of rotatable bonds is 6. The summed E-state index contributed by atoms with van der Waals surface area (Å²) >= 11 is 0. The van der Waals surface area contributed by atoms with E-state index in [4.69, 9.17) is 5.10 Å². The number of aromatic nitrogens is 3. The van der Waals surface area contributed by atoms with Crippen LogP contribution in [0.2, 0.25) is 0 Å². The van der Waals surface area contributed by atoms with Crippen molar-refractivity contribution in [3.8, 4) is 0 Å². The van der Waals surface area contributed by atoms with Gasteiger partial charge in [-0.05, 0) is 49.1 Å². The molecule has 3 N–H and O–H groups in total. The summed E-state index contributed by atoms with van der Waals surface area (Å²) < 4.78 is 41.9. The minimum Gasteiger partial charge on any atom is -0.338 e. The first-order chi connectivity index (χ1) is 14.8. The van der Waals surface area contributed by atoms with E-state index in [1.165, 1.54) is 12.1 Å². The third kappa shape index (κ3) is 4.19. The number of halogens is 3. The van der Waals surface area contributed by atoms with E-state index in [2.05, 4.69) is 22.5 Å². The highest BCUT2D eigenvalue weighted by atomic mass is 19.4. The Morgan fingerprint density at radius 3 is 2.58 bits per heavy atom. The second-order valence-corrected chi connectivity index (χ2v) is 8.12. The van der Waals surface area contributed by atoms with Crippen molar-refractivity contribution in [3.63, 3.8) is 0 Å². The van der Waals surface area contributed by atoms with E-state index in [0.29, 0.717) is 22.8 Å². The van der Waals surface area contributed by atoms with Crippen LogP contribution in [0.5, 0.6) is 0 Å². The van der Waals surface area contributed by atoms with Crippen LogP contribution < -0.4 is 16.2 Å². The van der Waals surface area contributed by atoms with Gasteiger partial charge >= 0.3 is 6.18 Å². The van der Waals surface area contributed by atoms with Gasteiger partial charge < -0.3 is 15.6 Å². The molecule has 0 bridgehead atoms. The zero-order chi connectivity index (χ0) is 22.2. The van der Waals surface area contributed by atoms with Crippen molar-refractivity contribution in [3.05, 3.63) is 52.4 Å². The quantitative estimate of drug-likeness (QED) is 0.509. The van der Waals surface area contributed by atoms with Gasteiger partial charge in [-0.25, -0.2) is 0 Å². The molecule has 2 aromatic heterocycles. The van der Waals surface area contributed by atoms with Crippen molar-refractivity contribution in [2.24, 2.45) is 5.92 Å². The van der Waals surface area contributed by atoms with Crippen molar-refractivity contribution < 1.29 is 13.2 Å². The van der Waals surface area contributed by atoms with Gasteiger partial charge in [0.2, 0.25) is 0 Å². The van der Waals surface area contributed by atoms with Gasteiger partial charge in [-0.15, -0.1) is 0 Å². The Balaban J connectivity index is 1.67. The first-order valence-electron chi connectivity index (χ1n) is 10.6. The highest BCUT2D eigenvalue weighted by Gasteiger charge is 2.40. The molecule has 0 radical (unpaired) electrons. The number of nitrogens with one attached hydrogen (secondary N) is 3. The lowest BCUT2D eigenvalue weighted by Gasteiger charge is -2.21. The Hall–Kier alpha value is -2.81. The lowest BCUT2D eigenvalue weighted by atomic mass is 10.1. The van der Waals surface area contributed by atoms with Crippen molar-refractivity contribution in [1.29, 1.82) is 0 Å². The van der Waals surface area contributed by atoms with Crippen LogP contribution in [0.3, 0.4) is 0 Å². The maximum absolute atomic E-state index is 13.3. The van der Waals surface area contributed by atoms with E-state index in [1.807, 2.05) is 10.7 Å². The van der Waals surface area contributed by atoms with Gasteiger partial charge in [0, 0.05) is 11.9 Å². The van der Waals surface area contributed by atoms with E-state index in [9.17, 15) is 18.0 Å². The van der Waals surface area contributed by atoms with E-state index in [-0.39, 0.29) is 23.7 Å². The molecule has 166 valence electrons. The molecule has 1 aliphatic rings. The van der Waals surface area contributed by atoms with E-state index in [1.54, 1.807) is 25.3 Å². The molecule has 31 heavy (non-hydrogen) atoms. The standard InChI is InChI=1S/C22H26F3N5O/c1-3-26-19(22(23,24)25)14-7-9-15(10-8-14)28-20-18-17(11-12-27-21(18)31)30(29-20)16-6-4-5-13(16)2/h7-13,16,19,26H,3-6H2,1-2H3,(H,27,31)(H,28,29)/t13-,16-,19?/m0/s1. The third-order valence-electron chi connectivity index (χ3n) is 6.00. The van der Waals surface area contributed by atoms with Crippen LogP contribution in [0.1, 0.15) is 50.8 Å². The molecule has 1 aromatic carbocycles. The van der Waals surface area contributed by atoms with Gasteiger partial charge in [-0.2, -0.15) is 18.3 Å². The van der Waals surface area contributed by atoms with Crippen LogP contribution in [0.15, 0.2) is 41.3 Å². The summed E-state index contributed by atoms with van der Waals surface area (Å²) in [5.74, 6) is 0.864. The van der Waals surface area contributed by atoms with Gasteiger partial charge in [-0.1, -0.05) is 32.4 Å². The Kier molecular flexibility index (Phi) is 5.79. The summed E-state index contributed by atoms with van der Waals surface area (Å²) in [6, 6.07) is 6.36. The molecular weight excluding hydrogens is 407 g/mol. The number of aromatic amines is 1. The largest absolute Gasteiger partial charge is 0.407 e. The summed E-state index contributed by atoms with van der Waals surface area (Å²) in [7, 11) is 0. The number of benzene rings is 1. The number of nitrogens with zero attached hydrogens (tertiary/aromatic N) is 2. The maximum Gasteiger partial charge on any atom is 0.407 e. The maximum atomic E-state index is 13.3. The van der Waals surface area contributed by atoms with Crippen molar-refractivity contribution >= 4 is 22.4 Å². The molecular formula is C22H26F3N5O. The van der Waals surface area contributed by atoms with Crippen LogP contribution >= 0.6 is 0 Å². The summed E-state index contributed by atoms with van der Waals surface area (Å²) in [5.41, 5.74) is 1.20. The number of H-pyrrole nitrogens is 1. The smallest absolute Gasteiger partial charge is 0.338 e. The van der Waals surface area contributed by atoms with Gasteiger partial charge in [0.05, 0.1) is 11.6 Å². The lowest BCUT2D eigenvalue weighted by Crippen LogP contribution is -2.33. The zero-order valence-electron chi connectivity index (χ0n) is 17.5. The molecule has 0 amide bonds. The van der Waals surface area contributed by atoms with E-state index in [0.717, 1.165) is 24.8 Å². The second-order valence-electron chi connectivity index (χ2n) is 8.12. The molecule has 6 nitrogen and oxygen atoms in total. The van der Waals surface area contributed by atoms with Gasteiger partial charge in [0.25, 0.3) is 5.56 Å². The van der Waals surface area contributed by atoms with E-state index < -0.39 is 12.2 Å². The van der Waals surface area contributed by atoms with Gasteiger partial charge in [0.1, 0.15) is 11.4 Å². The Labute approximate surface area is 177 Å². The molecule has 4 rings (SSSR count). The number of hydrogen-bond acceptors (Lipinski definition) is 4. The fourth-order valence-electron chi connectivity index (χ4n) is 4.45. The molecule has 1 fully saturated rings. The summed E-state index contributed by atoms with van der Waals surface area (Å²) in [6.07, 6.45) is 0.463. The highest BCUT2D eigenvalue weighted by Crippen LogP contribution is 2.38. The SMILES string of the molecule is CCNC(c1ccc(Nc2nn([C@H]3CCC[C@@H]3C)c3cc[nH]c(=O)c23)cc1)C(F)(F)F. The minimum absolute atomic E-state index is 0.132. The highest BCUT2D eigenvalue weighted by molar-refractivity contribution is 5.91. The minimum atomic E-state index is -4.38. The van der Waals surface area contributed by atoms with Crippen LogP contribution in [-0.2, 0) is 0 Å².